The van der Waals surface area contributed by atoms with Gasteiger partial charge >= 0.3 is 0 Å². The number of carbonyl (C=O) groups excluding carboxylic acids is 1. The summed E-state index contributed by atoms with van der Waals surface area (Å²) in [6.45, 7) is 1.80. The van der Waals surface area contributed by atoms with Gasteiger partial charge in [0.15, 0.2) is 0 Å². The Morgan fingerprint density at radius 3 is 2.70 bits per heavy atom. The van der Waals surface area contributed by atoms with Crippen molar-refractivity contribution in [1.82, 2.24) is 4.98 Å². The first-order valence-electron chi connectivity index (χ1n) is 5.79. The number of halogens is 2. The zero-order valence-electron chi connectivity index (χ0n) is 10.9. The molecule has 0 spiro atoms. The quantitative estimate of drug-likeness (QED) is 0.930. The third-order valence-corrected chi connectivity index (χ3v) is 3.52. The number of aryl methyl sites for hydroxylation is 1. The highest BCUT2D eigenvalue weighted by atomic mass is 79.9. The highest BCUT2D eigenvalue weighted by molar-refractivity contribution is 9.10. The van der Waals surface area contributed by atoms with Crippen LogP contribution in [0.3, 0.4) is 0 Å². The maximum absolute atomic E-state index is 13.8. The van der Waals surface area contributed by atoms with Crippen molar-refractivity contribution in [2.75, 3.05) is 12.4 Å². The summed E-state index contributed by atoms with van der Waals surface area (Å²) in [6.07, 6.45) is 0. The molecule has 0 saturated carbocycles. The second-order valence-electron chi connectivity index (χ2n) is 4.06. The maximum Gasteiger partial charge on any atom is 0.259 e. The normalized spacial score (nSPS) is 10.2. The van der Waals surface area contributed by atoms with Crippen LogP contribution in [-0.2, 0) is 0 Å². The minimum absolute atomic E-state index is 0.0619. The van der Waals surface area contributed by atoms with Crippen molar-refractivity contribution in [3.63, 3.8) is 0 Å². The number of anilines is 1. The van der Waals surface area contributed by atoms with Crippen LogP contribution in [0.5, 0.6) is 5.75 Å². The molecule has 0 saturated heterocycles. The van der Waals surface area contributed by atoms with Crippen molar-refractivity contribution in [2.24, 2.45) is 0 Å². The zero-order chi connectivity index (χ0) is 14.7. The number of hydrogen-bond donors (Lipinski definition) is 1. The minimum atomic E-state index is -0.643. The fourth-order valence-corrected chi connectivity index (χ4v) is 1.83. The summed E-state index contributed by atoms with van der Waals surface area (Å²) in [7, 11) is 1.43. The lowest BCUT2D eigenvalue weighted by Gasteiger charge is -2.08. The number of nitrogens with one attached hydrogen (secondary N) is 1. The topological polar surface area (TPSA) is 51.2 Å². The van der Waals surface area contributed by atoms with Gasteiger partial charge in [0.25, 0.3) is 5.91 Å². The second-order valence-corrected chi connectivity index (χ2v) is 4.92. The van der Waals surface area contributed by atoms with E-state index in [9.17, 15) is 9.18 Å². The molecule has 4 nitrogen and oxygen atoms in total. The number of rotatable bonds is 3. The van der Waals surface area contributed by atoms with E-state index >= 15 is 0 Å². The molecule has 0 fully saturated rings. The van der Waals surface area contributed by atoms with Crippen LogP contribution in [0, 0.1) is 12.7 Å². The van der Waals surface area contributed by atoms with Crippen molar-refractivity contribution in [3.8, 4) is 5.75 Å². The zero-order valence-corrected chi connectivity index (χ0v) is 12.5. The standard InChI is InChI=1S/C14H12BrFN2O2/c1-8-11(15)5-6-13(17-8)18-14(19)10-4-3-9(20-2)7-12(10)16/h3-7H,1-2H3,(H,17,18,19). The van der Waals surface area contributed by atoms with Gasteiger partial charge in [0.1, 0.15) is 17.4 Å². The predicted molar refractivity (Wildman–Crippen MR) is 77.6 cm³/mol. The Bertz CT molecular complexity index is 662. The third-order valence-electron chi connectivity index (χ3n) is 2.68. The first kappa shape index (κ1) is 14.5. The van der Waals surface area contributed by atoms with Crippen molar-refractivity contribution in [3.05, 3.63) is 51.9 Å². The first-order chi connectivity index (χ1) is 9.51. The van der Waals surface area contributed by atoms with Crippen LogP contribution in [0.2, 0.25) is 0 Å². The van der Waals surface area contributed by atoms with Crippen LogP contribution in [0.4, 0.5) is 10.2 Å². The molecule has 6 heteroatoms. The molecule has 1 aromatic carbocycles. The number of ether oxygens (including phenoxy) is 1. The summed E-state index contributed by atoms with van der Waals surface area (Å²) in [5, 5.41) is 2.55. The van der Waals surface area contributed by atoms with Crippen molar-refractivity contribution in [2.45, 2.75) is 6.92 Å². The summed E-state index contributed by atoms with van der Waals surface area (Å²) < 4.78 is 19.5. The summed E-state index contributed by atoms with van der Waals surface area (Å²) in [5.41, 5.74) is 0.672. The maximum atomic E-state index is 13.8. The van der Waals surface area contributed by atoms with Crippen LogP contribution in [0.1, 0.15) is 16.1 Å². The molecule has 0 unspecified atom stereocenters. The molecule has 0 aliphatic heterocycles. The molecule has 0 aliphatic carbocycles. The second kappa shape index (κ2) is 6.00. The summed E-state index contributed by atoms with van der Waals surface area (Å²) in [5.74, 6) is -0.474. The van der Waals surface area contributed by atoms with Crippen molar-refractivity contribution < 1.29 is 13.9 Å². The Labute approximate surface area is 124 Å². The highest BCUT2D eigenvalue weighted by Gasteiger charge is 2.13. The molecule has 20 heavy (non-hydrogen) atoms. The predicted octanol–water partition coefficient (Wildman–Crippen LogP) is 3.55. The minimum Gasteiger partial charge on any atom is -0.497 e. The SMILES string of the molecule is COc1ccc(C(=O)Nc2ccc(Br)c(C)n2)c(F)c1. The molecule has 0 bridgehead atoms. The summed E-state index contributed by atoms with van der Waals surface area (Å²) in [6, 6.07) is 7.46. The molecule has 2 rings (SSSR count). The summed E-state index contributed by atoms with van der Waals surface area (Å²) in [4.78, 5) is 16.2. The van der Waals surface area contributed by atoms with Crippen molar-refractivity contribution in [1.29, 1.82) is 0 Å². The Morgan fingerprint density at radius 2 is 2.10 bits per heavy atom. The van der Waals surface area contributed by atoms with Gasteiger partial charge in [-0.25, -0.2) is 9.37 Å². The number of aromatic nitrogens is 1. The van der Waals surface area contributed by atoms with E-state index in [1.54, 1.807) is 19.1 Å². The van der Waals surface area contributed by atoms with Gasteiger partial charge in [-0.1, -0.05) is 0 Å². The fraction of sp³-hybridized carbons (Fsp3) is 0.143. The molecule has 104 valence electrons. The van der Waals surface area contributed by atoms with E-state index < -0.39 is 11.7 Å². The van der Waals surface area contributed by atoms with E-state index in [1.807, 2.05) is 0 Å². The number of nitrogens with zero attached hydrogens (tertiary/aromatic N) is 1. The number of hydrogen-bond acceptors (Lipinski definition) is 3. The van der Waals surface area contributed by atoms with Gasteiger partial charge in [-0.3, -0.25) is 4.79 Å². The number of methoxy groups -OCH3 is 1. The van der Waals surface area contributed by atoms with Gasteiger partial charge in [0.2, 0.25) is 0 Å². The lowest BCUT2D eigenvalue weighted by molar-refractivity contribution is 0.102. The van der Waals surface area contributed by atoms with Crippen molar-refractivity contribution >= 4 is 27.7 Å². The lowest BCUT2D eigenvalue weighted by Crippen LogP contribution is -2.15. The van der Waals surface area contributed by atoms with Crippen LogP contribution in [0.25, 0.3) is 0 Å². The van der Waals surface area contributed by atoms with E-state index in [-0.39, 0.29) is 5.56 Å². The van der Waals surface area contributed by atoms with E-state index in [0.29, 0.717) is 11.6 Å². The monoisotopic (exact) mass is 338 g/mol. The van der Waals surface area contributed by atoms with Gasteiger partial charge < -0.3 is 10.1 Å². The number of pyridine rings is 1. The van der Waals surface area contributed by atoms with E-state index in [2.05, 4.69) is 26.2 Å². The Hall–Kier alpha value is -1.95. The van der Waals surface area contributed by atoms with Crippen LogP contribution < -0.4 is 10.1 Å². The molecule has 1 heterocycles. The number of benzene rings is 1. The smallest absolute Gasteiger partial charge is 0.259 e. The molecule has 2 aromatic rings. The highest BCUT2D eigenvalue weighted by Crippen LogP contribution is 2.19. The Kier molecular flexibility index (Phi) is 4.34. The molecule has 0 aliphatic rings. The average Bonchev–Trinajstić information content (AvgIpc) is 2.42. The molecular formula is C14H12BrFN2O2. The molecule has 1 N–H and O–H groups in total. The molecule has 0 atom stereocenters. The largest absolute Gasteiger partial charge is 0.497 e. The first-order valence-corrected chi connectivity index (χ1v) is 6.58. The summed E-state index contributed by atoms with van der Waals surface area (Å²) >= 11 is 3.32. The Balaban J connectivity index is 2.21. The van der Waals surface area contributed by atoms with Crippen LogP contribution in [-0.4, -0.2) is 18.0 Å². The molecule has 1 aromatic heterocycles. The molecule has 1 amide bonds. The van der Waals surface area contributed by atoms with Gasteiger partial charge in [0, 0.05) is 10.5 Å². The van der Waals surface area contributed by atoms with E-state index in [1.165, 1.54) is 19.2 Å². The molecular weight excluding hydrogens is 327 g/mol. The number of amides is 1. The van der Waals surface area contributed by atoms with Gasteiger partial charge in [0.05, 0.1) is 18.4 Å². The van der Waals surface area contributed by atoms with Crippen LogP contribution >= 0.6 is 15.9 Å². The van der Waals surface area contributed by atoms with E-state index in [0.717, 1.165) is 16.2 Å². The van der Waals surface area contributed by atoms with E-state index in [4.69, 9.17) is 4.74 Å². The molecule has 0 radical (unpaired) electrons. The fourth-order valence-electron chi connectivity index (χ4n) is 1.60. The van der Waals surface area contributed by atoms with Crippen LogP contribution in [0.15, 0.2) is 34.8 Å². The Morgan fingerprint density at radius 1 is 1.35 bits per heavy atom. The van der Waals surface area contributed by atoms with Gasteiger partial charge in [-0.05, 0) is 47.1 Å². The number of carbonyl (C=O) groups is 1. The van der Waals surface area contributed by atoms with Gasteiger partial charge in [-0.15, -0.1) is 0 Å². The average molecular weight is 339 g/mol. The van der Waals surface area contributed by atoms with Gasteiger partial charge in [-0.2, -0.15) is 0 Å². The lowest BCUT2D eigenvalue weighted by atomic mass is 10.2. The third kappa shape index (κ3) is 3.14.